The molecule has 1 aromatic heterocycles. The lowest BCUT2D eigenvalue weighted by atomic mass is 10.6. The van der Waals surface area contributed by atoms with E-state index in [0.29, 0.717) is 13.1 Å². The summed E-state index contributed by atoms with van der Waals surface area (Å²) in [6, 6.07) is 0. The molecule has 0 aliphatic carbocycles. The minimum absolute atomic E-state index is 0.402. The van der Waals surface area contributed by atoms with Gasteiger partial charge in [0.15, 0.2) is 0 Å². The van der Waals surface area contributed by atoms with E-state index in [1.165, 1.54) is 0 Å². The molecule has 0 fully saturated rings. The van der Waals surface area contributed by atoms with Crippen LogP contribution in [0.3, 0.4) is 0 Å². The summed E-state index contributed by atoms with van der Waals surface area (Å²) in [6.45, 7) is 1.09. The first-order valence-corrected chi connectivity index (χ1v) is 3.84. The van der Waals surface area contributed by atoms with Crippen molar-refractivity contribution in [3.8, 4) is 0 Å². The molecular weight excluding hydrogens is 148 g/mol. The van der Waals surface area contributed by atoms with Gasteiger partial charge in [0.05, 0.1) is 6.54 Å². The fraction of sp³-hybridized carbons (Fsp3) is 0.333. The van der Waals surface area contributed by atoms with Gasteiger partial charge in [0.1, 0.15) is 11.3 Å². The van der Waals surface area contributed by atoms with Crippen LogP contribution in [0.1, 0.15) is 5.01 Å². The van der Waals surface area contributed by atoms with Crippen molar-refractivity contribution in [2.45, 2.75) is 6.54 Å². The SMILES string of the molecule is O=CCNCc1nccs1. The molecule has 0 aliphatic rings. The molecule has 0 radical (unpaired) electrons. The molecule has 0 unspecified atom stereocenters. The van der Waals surface area contributed by atoms with Gasteiger partial charge in [-0.1, -0.05) is 0 Å². The molecule has 0 atom stereocenters. The van der Waals surface area contributed by atoms with Crippen LogP contribution in [0.15, 0.2) is 11.6 Å². The van der Waals surface area contributed by atoms with Crippen molar-refractivity contribution in [2.24, 2.45) is 0 Å². The second-order valence-electron chi connectivity index (χ2n) is 1.72. The van der Waals surface area contributed by atoms with Crippen molar-refractivity contribution in [3.63, 3.8) is 0 Å². The number of aromatic nitrogens is 1. The average molecular weight is 156 g/mol. The fourth-order valence-electron chi connectivity index (χ4n) is 0.578. The monoisotopic (exact) mass is 156 g/mol. The first-order valence-electron chi connectivity index (χ1n) is 2.96. The molecule has 10 heavy (non-hydrogen) atoms. The van der Waals surface area contributed by atoms with E-state index in [9.17, 15) is 4.79 Å². The standard InChI is InChI=1S/C6H8N2OS/c9-3-1-7-5-6-8-2-4-10-6/h2-4,7H,1,5H2. The summed E-state index contributed by atoms with van der Waals surface area (Å²) in [5.74, 6) is 0. The molecule has 0 spiro atoms. The van der Waals surface area contributed by atoms with E-state index < -0.39 is 0 Å². The highest BCUT2D eigenvalue weighted by Gasteiger charge is 1.91. The third-order valence-corrected chi connectivity index (χ3v) is 1.77. The van der Waals surface area contributed by atoms with Crippen LogP contribution in [-0.4, -0.2) is 17.8 Å². The van der Waals surface area contributed by atoms with Gasteiger partial charge in [0.2, 0.25) is 0 Å². The number of hydrogen-bond acceptors (Lipinski definition) is 4. The van der Waals surface area contributed by atoms with Crippen LogP contribution in [0.2, 0.25) is 0 Å². The van der Waals surface area contributed by atoms with Crippen molar-refractivity contribution in [1.29, 1.82) is 0 Å². The Balaban J connectivity index is 2.21. The normalized spacial score (nSPS) is 9.60. The van der Waals surface area contributed by atoms with E-state index in [4.69, 9.17) is 0 Å². The zero-order chi connectivity index (χ0) is 7.23. The van der Waals surface area contributed by atoms with Gasteiger partial charge >= 0.3 is 0 Å². The summed E-state index contributed by atoms with van der Waals surface area (Å²) in [4.78, 5) is 13.9. The Morgan fingerprint density at radius 2 is 2.70 bits per heavy atom. The van der Waals surface area contributed by atoms with Crippen molar-refractivity contribution >= 4 is 17.6 Å². The van der Waals surface area contributed by atoms with Gasteiger partial charge in [-0.2, -0.15) is 0 Å². The van der Waals surface area contributed by atoms with Crippen molar-refractivity contribution in [2.75, 3.05) is 6.54 Å². The van der Waals surface area contributed by atoms with Crippen LogP contribution in [-0.2, 0) is 11.3 Å². The molecule has 1 N–H and O–H groups in total. The molecule has 0 amide bonds. The molecule has 1 aromatic rings. The molecule has 0 saturated heterocycles. The lowest BCUT2D eigenvalue weighted by Gasteiger charge is -1.93. The van der Waals surface area contributed by atoms with E-state index in [-0.39, 0.29) is 0 Å². The topological polar surface area (TPSA) is 42.0 Å². The predicted octanol–water partition coefficient (Wildman–Crippen LogP) is 0.432. The maximum Gasteiger partial charge on any atom is 0.133 e. The number of nitrogens with one attached hydrogen (secondary N) is 1. The maximum atomic E-state index is 9.85. The fourth-order valence-corrected chi connectivity index (χ4v) is 1.16. The first kappa shape index (κ1) is 7.37. The van der Waals surface area contributed by atoms with Crippen molar-refractivity contribution in [1.82, 2.24) is 10.3 Å². The Labute approximate surface area is 63.1 Å². The highest BCUT2D eigenvalue weighted by Crippen LogP contribution is 2.01. The third-order valence-electron chi connectivity index (χ3n) is 0.987. The average Bonchev–Trinajstić information content (AvgIpc) is 2.41. The van der Waals surface area contributed by atoms with Gasteiger partial charge in [-0.05, 0) is 0 Å². The summed E-state index contributed by atoms with van der Waals surface area (Å²) < 4.78 is 0. The number of carbonyl (C=O) groups excluding carboxylic acids is 1. The van der Waals surface area contributed by atoms with E-state index in [1.807, 2.05) is 5.38 Å². The quantitative estimate of drug-likeness (QED) is 0.508. The largest absolute Gasteiger partial charge is 0.304 e. The number of hydrogen-bond donors (Lipinski definition) is 1. The van der Waals surface area contributed by atoms with Crippen LogP contribution in [0.4, 0.5) is 0 Å². The second kappa shape index (κ2) is 4.14. The predicted molar refractivity (Wildman–Crippen MR) is 39.9 cm³/mol. The summed E-state index contributed by atoms with van der Waals surface area (Å²) in [5, 5.41) is 5.85. The number of rotatable bonds is 4. The van der Waals surface area contributed by atoms with E-state index in [0.717, 1.165) is 11.3 Å². The van der Waals surface area contributed by atoms with Crippen LogP contribution >= 0.6 is 11.3 Å². The summed E-state index contributed by atoms with van der Waals surface area (Å²) in [5.41, 5.74) is 0. The molecule has 1 heterocycles. The minimum atomic E-state index is 0.402. The van der Waals surface area contributed by atoms with E-state index >= 15 is 0 Å². The smallest absolute Gasteiger partial charge is 0.133 e. The van der Waals surface area contributed by atoms with Crippen LogP contribution < -0.4 is 5.32 Å². The molecule has 0 aliphatic heterocycles. The summed E-state index contributed by atoms with van der Waals surface area (Å²) in [6.07, 6.45) is 2.59. The number of nitrogens with zero attached hydrogens (tertiary/aromatic N) is 1. The molecule has 0 saturated carbocycles. The summed E-state index contributed by atoms with van der Waals surface area (Å²) >= 11 is 1.58. The van der Waals surface area contributed by atoms with Crippen molar-refractivity contribution in [3.05, 3.63) is 16.6 Å². The van der Waals surface area contributed by atoms with Gasteiger partial charge in [-0.3, -0.25) is 0 Å². The van der Waals surface area contributed by atoms with E-state index in [1.54, 1.807) is 17.5 Å². The minimum Gasteiger partial charge on any atom is -0.304 e. The molecule has 0 bridgehead atoms. The Kier molecular flexibility index (Phi) is 3.05. The van der Waals surface area contributed by atoms with E-state index in [2.05, 4.69) is 10.3 Å². The lowest BCUT2D eigenvalue weighted by Crippen LogP contribution is -2.14. The summed E-state index contributed by atoms with van der Waals surface area (Å²) in [7, 11) is 0. The zero-order valence-electron chi connectivity index (χ0n) is 5.41. The van der Waals surface area contributed by atoms with Gasteiger partial charge < -0.3 is 10.1 Å². The zero-order valence-corrected chi connectivity index (χ0v) is 6.23. The second-order valence-corrected chi connectivity index (χ2v) is 2.70. The molecule has 3 nitrogen and oxygen atoms in total. The van der Waals surface area contributed by atoms with Crippen LogP contribution in [0.25, 0.3) is 0 Å². The molecule has 54 valence electrons. The van der Waals surface area contributed by atoms with Crippen LogP contribution in [0, 0.1) is 0 Å². The maximum absolute atomic E-state index is 9.85. The molecule has 0 aromatic carbocycles. The molecular formula is C6H8N2OS. The Hall–Kier alpha value is -0.740. The third kappa shape index (κ3) is 2.24. The highest BCUT2D eigenvalue weighted by molar-refractivity contribution is 7.09. The number of carbonyl (C=O) groups is 1. The number of thiazole rings is 1. The van der Waals surface area contributed by atoms with Gasteiger partial charge in [-0.25, -0.2) is 4.98 Å². The molecule has 4 heteroatoms. The van der Waals surface area contributed by atoms with Gasteiger partial charge in [0, 0.05) is 18.1 Å². The Bertz CT molecular complexity index is 186. The highest BCUT2D eigenvalue weighted by atomic mass is 32.1. The van der Waals surface area contributed by atoms with Crippen LogP contribution in [0.5, 0.6) is 0 Å². The Morgan fingerprint density at radius 3 is 3.30 bits per heavy atom. The van der Waals surface area contributed by atoms with Crippen molar-refractivity contribution < 1.29 is 4.79 Å². The van der Waals surface area contributed by atoms with Gasteiger partial charge in [-0.15, -0.1) is 11.3 Å². The number of aldehydes is 1. The lowest BCUT2D eigenvalue weighted by molar-refractivity contribution is -0.107. The first-order chi connectivity index (χ1) is 4.93. The van der Waals surface area contributed by atoms with Gasteiger partial charge in [0.25, 0.3) is 0 Å². The molecule has 1 rings (SSSR count). The Morgan fingerprint density at radius 1 is 1.80 bits per heavy atom.